The van der Waals surface area contributed by atoms with Crippen LogP contribution in [0.3, 0.4) is 0 Å². The number of aromatic nitrogens is 2. The molecule has 0 radical (unpaired) electrons. The summed E-state index contributed by atoms with van der Waals surface area (Å²) in [7, 11) is 0. The number of nitrogen functional groups attached to an aromatic ring is 1. The van der Waals surface area contributed by atoms with Crippen molar-refractivity contribution in [1.29, 1.82) is 0 Å². The topological polar surface area (TPSA) is 63.8 Å². The largest absolute Gasteiger partial charge is 0.384 e. The molecule has 0 atom stereocenters. The van der Waals surface area contributed by atoms with E-state index in [-0.39, 0.29) is 0 Å². The molecule has 0 saturated heterocycles. The van der Waals surface area contributed by atoms with Gasteiger partial charge in [-0.3, -0.25) is 0 Å². The second-order valence-corrected chi connectivity index (χ2v) is 5.55. The molecule has 88 valence electrons. The predicted octanol–water partition coefficient (Wildman–Crippen LogP) is 2.15. The van der Waals surface area contributed by atoms with Crippen molar-refractivity contribution >= 4 is 23.4 Å². The van der Waals surface area contributed by atoms with Gasteiger partial charge >= 0.3 is 0 Å². The van der Waals surface area contributed by atoms with Gasteiger partial charge in [0.1, 0.15) is 18.0 Å². The minimum absolute atomic E-state index is 0.389. The lowest BCUT2D eigenvalue weighted by Crippen LogP contribution is -2.30. The molecule has 5 heteroatoms. The first-order valence-electron chi connectivity index (χ1n) is 5.61. The van der Waals surface area contributed by atoms with Gasteiger partial charge in [0.05, 0.1) is 0 Å². The van der Waals surface area contributed by atoms with Crippen LogP contribution >= 0.6 is 11.8 Å². The van der Waals surface area contributed by atoms with Crippen molar-refractivity contribution in [3.63, 3.8) is 0 Å². The summed E-state index contributed by atoms with van der Waals surface area (Å²) in [4.78, 5) is 8.03. The Morgan fingerprint density at radius 2 is 2.19 bits per heavy atom. The number of nitrogens with one attached hydrogen (secondary N) is 1. The van der Waals surface area contributed by atoms with Crippen LogP contribution in [-0.4, -0.2) is 27.5 Å². The molecule has 3 N–H and O–H groups in total. The lowest BCUT2D eigenvalue weighted by molar-refractivity contribution is 0.638. The minimum atomic E-state index is 0.389. The van der Waals surface area contributed by atoms with E-state index in [1.54, 1.807) is 6.07 Å². The van der Waals surface area contributed by atoms with E-state index in [0.29, 0.717) is 10.6 Å². The van der Waals surface area contributed by atoms with E-state index in [1.165, 1.54) is 32.0 Å². The fraction of sp³-hybridized carbons (Fsp3) is 0.636. The second-order valence-electron chi connectivity index (χ2n) is 4.28. The van der Waals surface area contributed by atoms with Crippen LogP contribution in [0.5, 0.6) is 0 Å². The molecule has 2 rings (SSSR count). The van der Waals surface area contributed by atoms with Crippen LogP contribution < -0.4 is 11.1 Å². The third kappa shape index (κ3) is 2.58. The molecule has 1 heterocycles. The summed E-state index contributed by atoms with van der Waals surface area (Å²) >= 11 is 1.97. The first kappa shape index (κ1) is 11.5. The first-order chi connectivity index (χ1) is 7.74. The lowest BCUT2D eigenvalue weighted by atomic mass is 10.1. The van der Waals surface area contributed by atoms with Crippen LogP contribution in [0.1, 0.15) is 25.7 Å². The average Bonchev–Trinajstić information content (AvgIpc) is 2.76. The molecule has 0 bridgehead atoms. The number of hydrogen-bond acceptors (Lipinski definition) is 5. The van der Waals surface area contributed by atoms with E-state index in [2.05, 4.69) is 21.5 Å². The van der Waals surface area contributed by atoms with Gasteiger partial charge in [-0.2, -0.15) is 11.8 Å². The number of nitrogens with zero attached hydrogens (tertiary/aromatic N) is 2. The van der Waals surface area contributed by atoms with Gasteiger partial charge < -0.3 is 11.1 Å². The maximum Gasteiger partial charge on any atom is 0.131 e. The van der Waals surface area contributed by atoms with Crippen molar-refractivity contribution in [1.82, 2.24) is 9.97 Å². The summed E-state index contributed by atoms with van der Waals surface area (Å²) in [6.45, 7) is 0.963. The zero-order chi connectivity index (χ0) is 11.4. The first-order valence-corrected chi connectivity index (χ1v) is 6.83. The van der Waals surface area contributed by atoms with Crippen LogP contribution in [0.2, 0.25) is 0 Å². The summed E-state index contributed by atoms with van der Waals surface area (Å²) in [6, 6.07) is 1.78. The van der Waals surface area contributed by atoms with Crippen molar-refractivity contribution in [3.05, 3.63) is 12.4 Å². The number of nitrogens with two attached hydrogens (primary N) is 1. The minimum Gasteiger partial charge on any atom is -0.384 e. The molecule has 1 aromatic rings. The Kier molecular flexibility index (Phi) is 3.53. The quantitative estimate of drug-likeness (QED) is 0.841. The Labute approximate surface area is 100 Å². The van der Waals surface area contributed by atoms with E-state index in [4.69, 9.17) is 5.73 Å². The van der Waals surface area contributed by atoms with Gasteiger partial charge in [0, 0.05) is 17.4 Å². The molecule has 0 amide bonds. The summed E-state index contributed by atoms with van der Waals surface area (Å²) in [5.74, 6) is 1.34. The molecule has 0 spiro atoms. The maximum absolute atomic E-state index is 5.61. The zero-order valence-electron chi connectivity index (χ0n) is 9.57. The molecular formula is C11H18N4S. The highest BCUT2D eigenvalue weighted by molar-refractivity contribution is 8.00. The average molecular weight is 238 g/mol. The van der Waals surface area contributed by atoms with E-state index >= 15 is 0 Å². The second kappa shape index (κ2) is 4.91. The fourth-order valence-electron chi connectivity index (χ4n) is 2.19. The molecule has 0 aliphatic heterocycles. The van der Waals surface area contributed by atoms with Crippen LogP contribution in [0, 0.1) is 0 Å². The maximum atomic E-state index is 5.61. The van der Waals surface area contributed by atoms with Gasteiger partial charge in [-0.15, -0.1) is 0 Å². The molecule has 16 heavy (non-hydrogen) atoms. The standard InChI is InChI=1S/C11H18N4S/c1-16-11(4-2-3-5-11)7-13-10-6-9(12)14-8-15-10/h6,8H,2-5,7H2,1H3,(H3,12,13,14,15). The number of thioether (sulfide) groups is 1. The number of rotatable bonds is 4. The molecule has 0 aromatic carbocycles. The van der Waals surface area contributed by atoms with Crippen molar-refractivity contribution in [2.75, 3.05) is 23.9 Å². The summed E-state index contributed by atoms with van der Waals surface area (Å²) in [5.41, 5.74) is 5.61. The lowest BCUT2D eigenvalue weighted by Gasteiger charge is -2.27. The summed E-state index contributed by atoms with van der Waals surface area (Å²) in [5, 5.41) is 3.37. The van der Waals surface area contributed by atoms with Gasteiger partial charge in [-0.25, -0.2) is 9.97 Å². The van der Waals surface area contributed by atoms with Crippen molar-refractivity contribution in [3.8, 4) is 0 Å². The normalized spacial score (nSPS) is 18.6. The third-order valence-corrected chi connectivity index (χ3v) is 4.65. The third-order valence-electron chi connectivity index (χ3n) is 3.23. The molecule has 1 fully saturated rings. The van der Waals surface area contributed by atoms with Gasteiger partial charge in [0.15, 0.2) is 0 Å². The number of anilines is 2. The molecule has 1 aliphatic carbocycles. The summed E-state index contributed by atoms with van der Waals surface area (Å²) in [6.07, 6.45) is 8.96. The molecule has 1 aliphatic rings. The summed E-state index contributed by atoms with van der Waals surface area (Å²) < 4.78 is 0.389. The Morgan fingerprint density at radius 3 is 2.81 bits per heavy atom. The van der Waals surface area contributed by atoms with Gasteiger partial charge in [-0.05, 0) is 19.1 Å². The Balaban J connectivity index is 1.95. The Morgan fingerprint density at radius 1 is 1.44 bits per heavy atom. The molecule has 0 unspecified atom stereocenters. The molecular weight excluding hydrogens is 220 g/mol. The smallest absolute Gasteiger partial charge is 0.131 e. The van der Waals surface area contributed by atoms with E-state index in [0.717, 1.165) is 12.4 Å². The van der Waals surface area contributed by atoms with Crippen molar-refractivity contribution < 1.29 is 0 Å². The van der Waals surface area contributed by atoms with Crippen LogP contribution in [0.15, 0.2) is 12.4 Å². The highest BCUT2D eigenvalue weighted by atomic mass is 32.2. The SMILES string of the molecule is CSC1(CNc2cc(N)ncn2)CCCC1. The van der Waals surface area contributed by atoms with Gasteiger partial charge in [0.25, 0.3) is 0 Å². The van der Waals surface area contributed by atoms with Crippen LogP contribution in [0.25, 0.3) is 0 Å². The highest BCUT2D eigenvalue weighted by Gasteiger charge is 2.32. The molecule has 4 nitrogen and oxygen atoms in total. The zero-order valence-corrected chi connectivity index (χ0v) is 10.4. The van der Waals surface area contributed by atoms with Crippen LogP contribution in [0.4, 0.5) is 11.6 Å². The Bertz CT molecular complexity index is 350. The van der Waals surface area contributed by atoms with E-state index in [9.17, 15) is 0 Å². The molecule has 1 aromatic heterocycles. The van der Waals surface area contributed by atoms with Gasteiger partial charge in [0.2, 0.25) is 0 Å². The highest BCUT2D eigenvalue weighted by Crippen LogP contribution is 2.40. The Hall–Kier alpha value is -0.970. The van der Waals surface area contributed by atoms with Crippen molar-refractivity contribution in [2.24, 2.45) is 0 Å². The van der Waals surface area contributed by atoms with E-state index < -0.39 is 0 Å². The van der Waals surface area contributed by atoms with Gasteiger partial charge in [-0.1, -0.05) is 12.8 Å². The predicted molar refractivity (Wildman–Crippen MR) is 69.6 cm³/mol. The van der Waals surface area contributed by atoms with Crippen LogP contribution in [-0.2, 0) is 0 Å². The van der Waals surface area contributed by atoms with Crippen molar-refractivity contribution in [2.45, 2.75) is 30.4 Å². The number of hydrogen-bond donors (Lipinski definition) is 2. The fourth-order valence-corrected chi connectivity index (χ4v) is 3.11. The molecule has 1 saturated carbocycles. The monoisotopic (exact) mass is 238 g/mol. The van der Waals surface area contributed by atoms with E-state index in [1.807, 2.05) is 11.8 Å².